The van der Waals surface area contributed by atoms with Gasteiger partial charge in [-0.15, -0.1) is 0 Å². The van der Waals surface area contributed by atoms with Crippen molar-refractivity contribution in [3.8, 4) is 0 Å². The van der Waals surface area contributed by atoms with Gasteiger partial charge in [0.25, 0.3) is 0 Å². The third kappa shape index (κ3) is 4.39. The molecule has 2 N–H and O–H groups in total. The van der Waals surface area contributed by atoms with Gasteiger partial charge in [-0.25, -0.2) is 0 Å². The number of benzene rings is 1. The van der Waals surface area contributed by atoms with Crippen LogP contribution in [0.15, 0.2) is 30.3 Å². The fourth-order valence-electron chi connectivity index (χ4n) is 14.5. The highest BCUT2D eigenvalue weighted by Crippen LogP contribution is 2.81. The highest BCUT2D eigenvalue weighted by Gasteiger charge is 2.76. The maximum Gasteiger partial charge on any atom is 0.309 e. The van der Waals surface area contributed by atoms with Crippen LogP contribution in [-0.2, 0) is 16.0 Å². The Kier molecular flexibility index (Phi) is 7.96. The molecular formula is C42H64O4. The summed E-state index contributed by atoms with van der Waals surface area (Å²) < 4.78 is 6.83. The Labute approximate surface area is 279 Å². The summed E-state index contributed by atoms with van der Waals surface area (Å²) >= 11 is 0. The lowest BCUT2D eigenvalue weighted by Gasteiger charge is -2.75. The summed E-state index contributed by atoms with van der Waals surface area (Å²) in [4.78, 5) is 12.8. The molecule has 1 aliphatic heterocycles. The number of carbonyl (C=O) groups is 1. The lowest BCUT2D eigenvalue weighted by atomic mass is 9.29. The molecule has 256 valence electrons. The smallest absolute Gasteiger partial charge is 0.309 e. The van der Waals surface area contributed by atoms with Gasteiger partial charge in [0.15, 0.2) is 5.79 Å². The zero-order valence-corrected chi connectivity index (χ0v) is 30.0. The number of hydrogen-bond donors (Lipinski definition) is 2. The average Bonchev–Trinajstić information content (AvgIpc) is 3.13. The van der Waals surface area contributed by atoms with Crippen LogP contribution in [-0.4, -0.2) is 28.1 Å². The normalized spacial score (nSPS) is 51.0. The SMILES string of the molecule is CCCCCCC12CCC3(C)C4CCC5(O)OC(Cc6ccccc6)C4(CCC3C1(C)CCC1(C)CCC(C)(C(=O)O)CC12)C5C. The second kappa shape index (κ2) is 11.1. The molecule has 46 heavy (non-hydrogen) atoms. The van der Waals surface area contributed by atoms with Crippen LogP contribution in [0.5, 0.6) is 0 Å². The summed E-state index contributed by atoms with van der Waals surface area (Å²) in [6.07, 6.45) is 19.3. The average molecular weight is 633 g/mol. The summed E-state index contributed by atoms with van der Waals surface area (Å²) in [7, 11) is 0. The van der Waals surface area contributed by atoms with Gasteiger partial charge in [0.2, 0.25) is 0 Å². The number of unbranched alkanes of at least 4 members (excludes halogenated alkanes) is 3. The maximum absolute atomic E-state index is 12.8. The van der Waals surface area contributed by atoms with E-state index in [-0.39, 0.29) is 39.1 Å². The van der Waals surface area contributed by atoms with Crippen LogP contribution >= 0.6 is 0 Å². The molecule has 5 aliphatic carbocycles. The topological polar surface area (TPSA) is 66.8 Å². The van der Waals surface area contributed by atoms with E-state index in [1.807, 2.05) is 0 Å². The van der Waals surface area contributed by atoms with E-state index in [1.165, 1.54) is 69.8 Å². The van der Waals surface area contributed by atoms with E-state index in [2.05, 4.69) is 71.9 Å². The number of aliphatic hydroxyl groups is 1. The van der Waals surface area contributed by atoms with Crippen molar-refractivity contribution < 1.29 is 19.7 Å². The first-order chi connectivity index (χ1) is 21.7. The van der Waals surface area contributed by atoms with Gasteiger partial charge in [-0.1, -0.05) is 90.6 Å². The number of rotatable bonds is 8. The number of ether oxygens (including phenoxy) is 1. The van der Waals surface area contributed by atoms with Crippen LogP contribution in [0.3, 0.4) is 0 Å². The molecule has 7 rings (SSSR count). The van der Waals surface area contributed by atoms with Gasteiger partial charge in [-0.05, 0) is 129 Å². The van der Waals surface area contributed by atoms with Crippen LogP contribution in [0.4, 0.5) is 0 Å². The molecule has 6 aliphatic rings. The van der Waals surface area contributed by atoms with Crippen LogP contribution in [0.25, 0.3) is 0 Å². The number of fused-ring (bicyclic) bond motifs is 7. The molecule has 0 radical (unpaired) electrons. The summed E-state index contributed by atoms with van der Waals surface area (Å²) in [5, 5.41) is 22.5. The molecule has 1 aromatic carbocycles. The van der Waals surface area contributed by atoms with Crippen molar-refractivity contribution in [1.82, 2.24) is 0 Å². The fourth-order valence-corrected chi connectivity index (χ4v) is 14.5. The van der Waals surface area contributed by atoms with Crippen LogP contribution in [0.2, 0.25) is 0 Å². The largest absolute Gasteiger partial charge is 0.481 e. The van der Waals surface area contributed by atoms with Gasteiger partial charge in [0, 0.05) is 17.8 Å². The summed E-state index contributed by atoms with van der Waals surface area (Å²) in [6.45, 7) is 14.7. The standard InChI is InChI=1S/C42H64O4/c1-7-8-9-13-18-40-26-24-38(5)31(39(40,6)25-23-36(3)21-22-37(4,35(43)44)28-33(36)40)16-19-41-29(2)42(45,20-17-32(38)41)46-34(41)27-30-14-11-10-12-15-30/h10-12,14-15,29,31-34,45H,7-9,13,16-28H2,1-6H3,(H,43,44). The first kappa shape index (κ1) is 33.1. The second-order valence-electron chi connectivity index (χ2n) is 18.8. The molecule has 5 saturated carbocycles. The van der Waals surface area contributed by atoms with Crippen molar-refractivity contribution in [2.24, 2.45) is 56.2 Å². The number of carboxylic acids is 1. The van der Waals surface area contributed by atoms with E-state index < -0.39 is 17.2 Å². The zero-order chi connectivity index (χ0) is 32.8. The number of hydrogen-bond acceptors (Lipinski definition) is 3. The van der Waals surface area contributed by atoms with Gasteiger partial charge < -0.3 is 14.9 Å². The van der Waals surface area contributed by atoms with E-state index in [4.69, 9.17) is 4.74 Å². The monoisotopic (exact) mass is 632 g/mol. The summed E-state index contributed by atoms with van der Waals surface area (Å²) in [6, 6.07) is 10.9. The Bertz CT molecular complexity index is 1310. The molecule has 1 heterocycles. The van der Waals surface area contributed by atoms with Crippen molar-refractivity contribution in [3.63, 3.8) is 0 Å². The minimum atomic E-state index is -1.00. The first-order valence-electron chi connectivity index (χ1n) is 19.4. The summed E-state index contributed by atoms with van der Waals surface area (Å²) in [5.74, 6) is 0.224. The molecule has 4 heteroatoms. The molecule has 0 aromatic heterocycles. The van der Waals surface area contributed by atoms with Gasteiger partial charge in [-0.3, -0.25) is 4.79 Å². The lowest BCUT2D eigenvalue weighted by Crippen LogP contribution is -2.69. The van der Waals surface area contributed by atoms with E-state index in [1.54, 1.807) is 0 Å². The van der Waals surface area contributed by atoms with E-state index in [0.29, 0.717) is 17.8 Å². The van der Waals surface area contributed by atoms with Gasteiger partial charge in [0.1, 0.15) is 0 Å². The first-order valence-corrected chi connectivity index (χ1v) is 19.4. The number of carboxylic acid groups (broad SMARTS) is 1. The second-order valence-corrected chi connectivity index (χ2v) is 18.8. The molecule has 1 saturated heterocycles. The molecule has 12 unspecified atom stereocenters. The van der Waals surface area contributed by atoms with E-state index in [9.17, 15) is 15.0 Å². The summed E-state index contributed by atoms with van der Waals surface area (Å²) in [5.41, 5.74) is 1.58. The lowest BCUT2D eigenvalue weighted by molar-refractivity contribution is -0.274. The Morgan fingerprint density at radius 2 is 1.57 bits per heavy atom. The molecule has 4 nitrogen and oxygen atoms in total. The molecule has 2 bridgehead atoms. The third-order valence-corrected chi connectivity index (χ3v) is 17.2. The third-order valence-electron chi connectivity index (χ3n) is 17.2. The predicted molar refractivity (Wildman–Crippen MR) is 184 cm³/mol. The Hall–Kier alpha value is -1.39. The minimum Gasteiger partial charge on any atom is -0.481 e. The molecular weight excluding hydrogens is 568 g/mol. The maximum atomic E-state index is 12.8. The quantitative estimate of drug-likeness (QED) is 0.280. The van der Waals surface area contributed by atoms with Crippen molar-refractivity contribution in [3.05, 3.63) is 35.9 Å². The molecule has 12 atom stereocenters. The van der Waals surface area contributed by atoms with Crippen molar-refractivity contribution >= 4 is 5.97 Å². The van der Waals surface area contributed by atoms with E-state index in [0.717, 1.165) is 44.9 Å². The minimum absolute atomic E-state index is 0.00147. The Morgan fingerprint density at radius 3 is 2.28 bits per heavy atom. The highest BCUT2D eigenvalue weighted by atomic mass is 16.6. The molecule has 6 fully saturated rings. The fraction of sp³-hybridized carbons (Fsp3) is 0.833. The van der Waals surface area contributed by atoms with Gasteiger partial charge >= 0.3 is 5.97 Å². The van der Waals surface area contributed by atoms with E-state index >= 15 is 0 Å². The van der Waals surface area contributed by atoms with Crippen LogP contribution in [0.1, 0.15) is 150 Å². The number of aliphatic carboxylic acids is 1. The van der Waals surface area contributed by atoms with Gasteiger partial charge in [-0.2, -0.15) is 0 Å². The van der Waals surface area contributed by atoms with Crippen molar-refractivity contribution in [2.45, 2.75) is 163 Å². The highest BCUT2D eigenvalue weighted by molar-refractivity contribution is 5.74. The Balaban J connectivity index is 1.28. The van der Waals surface area contributed by atoms with Crippen LogP contribution < -0.4 is 0 Å². The molecule has 0 amide bonds. The zero-order valence-electron chi connectivity index (χ0n) is 30.0. The van der Waals surface area contributed by atoms with Crippen molar-refractivity contribution in [2.75, 3.05) is 0 Å². The molecule has 1 aromatic rings. The Morgan fingerprint density at radius 1 is 0.848 bits per heavy atom. The van der Waals surface area contributed by atoms with Crippen LogP contribution in [0, 0.1) is 56.2 Å². The van der Waals surface area contributed by atoms with Gasteiger partial charge in [0.05, 0.1) is 11.5 Å². The predicted octanol–water partition coefficient (Wildman–Crippen LogP) is 10.2. The van der Waals surface area contributed by atoms with Crippen molar-refractivity contribution in [1.29, 1.82) is 0 Å². The molecule has 1 spiro atoms.